The lowest BCUT2D eigenvalue weighted by Crippen LogP contribution is -2.45. The SMILES string of the molecule is CC(=O)c1cn(CC(=O)N2[C@@H]3C[C@@H]3C[C@H]2C(=O)Cc2cccc(Br)n2)c2nnccc12. The number of piperidine rings is 1. The molecule has 31 heavy (non-hydrogen) atoms. The Morgan fingerprint density at radius 3 is 2.81 bits per heavy atom. The second-order valence-electron chi connectivity index (χ2n) is 8.21. The Balaban J connectivity index is 1.38. The summed E-state index contributed by atoms with van der Waals surface area (Å²) in [6.07, 6.45) is 5.02. The van der Waals surface area contributed by atoms with Crippen LogP contribution in [0.25, 0.3) is 11.0 Å². The highest BCUT2D eigenvalue weighted by atomic mass is 79.9. The number of hydrogen-bond acceptors (Lipinski definition) is 6. The van der Waals surface area contributed by atoms with Gasteiger partial charge in [0.2, 0.25) is 5.91 Å². The third kappa shape index (κ3) is 3.67. The van der Waals surface area contributed by atoms with E-state index in [0.29, 0.717) is 39.2 Å². The van der Waals surface area contributed by atoms with Crippen molar-refractivity contribution in [2.24, 2.45) is 5.92 Å². The summed E-state index contributed by atoms with van der Waals surface area (Å²) in [5.41, 5.74) is 1.69. The number of fused-ring (bicyclic) bond motifs is 2. The van der Waals surface area contributed by atoms with E-state index < -0.39 is 6.04 Å². The molecular weight excluding hydrogens is 462 g/mol. The lowest BCUT2D eigenvalue weighted by Gasteiger charge is -2.27. The molecule has 3 aromatic rings. The average Bonchev–Trinajstić information content (AvgIpc) is 3.24. The van der Waals surface area contributed by atoms with Crippen molar-refractivity contribution in [3.8, 4) is 0 Å². The Kier molecular flexibility index (Phi) is 4.92. The molecule has 8 nitrogen and oxygen atoms in total. The van der Waals surface area contributed by atoms with Crippen LogP contribution in [0.5, 0.6) is 0 Å². The van der Waals surface area contributed by atoms with Crippen LogP contribution in [0.2, 0.25) is 0 Å². The van der Waals surface area contributed by atoms with Gasteiger partial charge in [-0.1, -0.05) is 6.07 Å². The van der Waals surface area contributed by atoms with Crippen molar-refractivity contribution in [2.75, 3.05) is 0 Å². The van der Waals surface area contributed by atoms with Crippen molar-refractivity contribution < 1.29 is 14.4 Å². The van der Waals surface area contributed by atoms with Crippen LogP contribution in [0.1, 0.15) is 35.8 Å². The van der Waals surface area contributed by atoms with Crippen LogP contribution < -0.4 is 0 Å². The first-order chi connectivity index (χ1) is 14.9. The van der Waals surface area contributed by atoms with Crippen LogP contribution in [-0.4, -0.2) is 54.2 Å². The molecule has 3 atom stereocenters. The van der Waals surface area contributed by atoms with Crippen LogP contribution >= 0.6 is 15.9 Å². The molecule has 1 amide bonds. The fourth-order valence-electron chi connectivity index (χ4n) is 4.61. The number of likely N-dealkylation sites (tertiary alicyclic amines) is 1. The molecule has 5 rings (SSSR count). The smallest absolute Gasteiger partial charge is 0.243 e. The van der Waals surface area contributed by atoms with Crippen molar-refractivity contribution in [1.82, 2.24) is 24.6 Å². The van der Waals surface area contributed by atoms with Crippen molar-refractivity contribution in [1.29, 1.82) is 0 Å². The average molecular weight is 482 g/mol. The number of pyridine rings is 1. The number of amides is 1. The minimum atomic E-state index is -0.433. The van der Waals surface area contributed by atoms with Crippen LogP contribution in [-0.2, 0) is 22.6 Å². The highest BCUT2D eigenvalue weighted by Crippen LogP contribution is 2.48. The molecule has 0 aromatic carbocycles. The van der Waals surface area contributed by atoms with Gasteiger partial charge in [0.05, 0.1) is 18.7 Å². The molecule has 0 bridgehead atoms. The molecule has 158 valence electrons. The standard InChI is InChI=1S/C22H20BrN5O3/c1-12(29)16-10-27(22-15(16)5-6-24-26-22)11-21(31)28-17-7-13(17)8-18(28)19(30)9-14-3-2-4-20(23)25-14/h2-6,10,13,17-18H,7-9,11H2,1H3/t13-,17-,18+/m1/s1. The molecule has 1 aliphatic carbocycles. The van der Waals surface area contributed by atoms with E-state index in [0.717, 1.165) is 6.42 Å². The van der Waals surface area contributed by atoms with E-state index >= 15 is 0 Å². The highest BCUT2D eigenvalue weighted by Gasteiger charge is 2.55. The van der Waals surface area contributed by atoms with E-state index in [4.69, 9.17) is 0 Å². The molecule has 0 radical (unpaired) electrons. The van der Waals surface area contributed by atoms with Gasteiger partial charge in [-0.2, -0.15) is 5.10 Å². The van der Waals surface area contributed by atoms with Crippen LogP contribution in [0.3, 0.4) is 0 Å². The van der Waals surface area contributed by atoms with E-state index in [1.54, 1.807) is 21.7 Å². The Hall–Kier alpha value is -2.94. The summed E-state index contributed by atoms with van der Waals surface area (Å²) in [5.74, 6) is 0.167. The van der Waals surface area contributed by atoms with Crippen LogP contribution in [0.15, 0.2) is 41.3 Å². The summed E-state index contributed by atoms with van der Waals surface area (Å²) >= 11 is 3.33. The van der Waals surface area contributed by atoms with Gasteiger partial charge in [0.1, 0.15) is 11.1 Å². The Labute approximate surface area is 186 Å². The Morgan fingerprint density at radius 2 is 2.03 bits per heavy atom. The topological polar surface area (TPSA) is 98.1 Å². The number of rotatable bonds is 6. The zero-order chi connectivity index (χ0) is 21.7. The summed E-state index contributed by atoms with van der Waals surface area (Å²) in [6, 6.07) is 6.89. The molecular formula is C22H20BrN5O3. The quantitative estimate of drug-likeness (QED) is 0.396. The number of aromatic nitrogens is 4. The molecule has 0 unspecified atom stereocenters. The number of halogens is 1. The molecule has 3 aromatic heterocycles. The van der Waals surface area contributed by atoms with Gasteiger partial charge in [-0.25, -0.2) is 4.98 Å². The first-order valence-corrected chi connectivity index (χ1v) is 11.0. The summed E-state index contributed by atoms with van der Waals surface area (Å²) < 4.78 is 2.34. The molecule has 1 aliphatic heterocycles. The van der Waals surface area contributed by atoms with E-state index in [1.807, 2.05) is 18.2 Å². The number of hydrogen-bond donors (Lipinski definition) is 0. The predicted molar refractivity (Wildman–Crippen MR) is 115 cm³/mol. The maximum Gasteiger partial charge on any atom is 0.243 e. The molecule has 0 spiro atoms. The van der Waals surface area contributed by atoms with E-state index in [1.165, 1.54) is 13.1 Å². The maximum absolute atomic E-state index is 13.3. The number of ketones is 2. The van der Waals surface area contributed by atoms with E-state index in [-0.39, 0.29) is 36.5 Å². The predicted octanol–water partition coefficient (Wildman–Crippen LogP) is 2.59. The van der Waals surface area contributed by atoms with Gasteiger partial charge >= 0.3 is 0 Å². The van der Waals surface area contributed by atoms with Crippen molar-refractivity contribution >= 4 is 44.4 Å². The van der Waals surface area contributed by atoms with Gasteiger partial charge in [0.15, 0.2) is 17.2 Å². The molecule has 2 fully saturated rings. The zero-order valence-corrected chi connectivity index (χ0v) is 18.4. The Bertz CT molecular complexity index is 1220. The summed E-state index contributed by atoms with van der Waals surface area (Å²) in [4.78, 5) is 44.4. The maximum atomic E-state index is 13.3. The lowest BCUT2D eigenvalue weighted by atomic mass is 10.0. The highest BCUT2D eigenvalue weighted by molar-refractivity contribution is 9.10. The third-order valence-electron chi connectivity index (χ3n) is 6.13. The van der Waals surface area contributed by atoms with E-state index in [9.17, 15) is 14.4 Å². The fraction of sp³-hybridized carbons (Fsp3) is 0.364. The minimum absolute atomic E-state index is 0.00716. The molecule has 9 heteroatoms. The van der Waals surface area contributed by atoms with E-state index in [2.05, 4.69) is 31.1 Å². The number of Topliss-reactive ketones (excluding diaryl/α,β-unsaturated/α-hetero) is 2. The van der Waals surface area contributed by atoms with Crippen molar-refractivity contribution in [2.45, 2.75) is 44.8 Å². The van der Waals surface area contributed by atoms with Crippen molar-refractivity contribution in [3.05, 3.63) is 52.5 Å². The normalized spacial score (nSPS) is 21.9. The summed E-state index contributed by atoms with van der Waals surface area (Å²) in [6.45, 7) is 1.51. The van der Waals surface area contributed by atoms with Gasteiger partial charge in [-0.05, 0) is 59.8 Å². The van der Waals surface area contributed by atoms with Gasteiger partial charge in [-0.15, -0.1) is 5.10 Å². The van der Waals surface area contributed by atoms with Gasteiger partial charge in [-0.3, -0.25) is 14.4 Å². The van der Waals surface area contributed by atoms with Crippen LogP contribution in [0.4, 0.5) is 0 Å². The van der Waals surface area contributed by atoms with Crippen LogP contribution in [0, 0.1) is 5.92 Å². The monoisotopic (exact) mass is 481 g/mol. The molecule has 1 saturated heterocycles. The number of carbonyl (C=O) groups excluding carboxylic acids is 3. The third-order valence-corrected chi connectivity index (χ3v) is 6.57. The Morgan fingerprint density at radius 1 is 1.19 bits per heavy atom. The first kappa shape index (κ1) is 20.0. The molecule has 2 aliphatic rings. The zero-order valence-electron chi connectivity index (χ0n) is 16.9. The van der Waals surface area contributed by atoms with Gasteiger partial charge in [0.25, 0.3) is 0 Å². The second-order valence-corrected chi connectivity index (χ2v) is 9.02. The van der Waals surface area contributed by atoms with Gasteiger partial charge in [0, 0.05) is 28.9 Å². The lowest BCUT2D eigenvalue weighted by molar-refractivity contribution is -0.139. The number of nitrogens with zero attached hydrogens (tertiary/aromatic N) is 5. The minimum Gasteiger partial charge on any atom is -0.328 e. The summed E-state index contributed by atoms with van der Waals surface area (Å²) in [7, 11) is 0. The second kappa shape index (κ2) is 7.64. The van der Waals surface area contributed by atoms with Crippen molar-refractivity contribution in [3.63, 3.8) is 0 Å². The molecule has 0 N–H and O–H groups in total. The fourth-order valence-corrected chi connectivity index (χ4v) is 4.99. The number of carbonyl (C=O) groups is 3. The largest absolute Gasteiger partial charge is 0.328 e. The van der Waals surface area contributed by atoms with Gasteiger partial charge < -0.3 is 9.47 Å². The summed E-state index contributed by atoms with van der Waals surface area (Å²) in [5, 5.41) is 8.70. The molecule has 4 heterocycles. The first-order valence-electron chi connectivity index (χ1n) is 10.2. The molecule has 1 saturated carbocycles.